The molecule has 1 saturated heterocycles. The van der Waals surface area contributed by atoms with Crippen molar-refractivity contribution in [1.82, 2.24) is 19.1 Å². The number of nitrogens with one attached hydrogen (secondary N) is 1. The van der Waals surface area contributed by atoms with Crippen LogP contribution >= 0.6 is 11.3 Å². The second kappa shape index (κ2) is 9.74. The molecule has 1 fully saturated rings. The molecule has 184 valence electrons. The maximum absolute atomic E-state index is 12.8. The van der Waals surface area contributed by atoms with E-state index in [1.54, 1.807) is 7.05 Å². The van der Waals surface area contributed by atoms with E-state index in [0.29, 0.717) is 10.00 Å². The highest BCUT2D eigenvalue weighted by atomic mass is 32.2. The molecule has 1 aliphatic rings. The van der Waals surface area contributed by atoms with Crippen molar-refractivity contribution in [2.24, 2.45) is 23.9 Å². The van der Waals surface area contributed by atoms with Crippen LogP contribution in [-0.2, 0) is 31.8 Å². The monoisotopic (exact) mass is 514 g/mol. The van der Waals surface area contributed by atoms with Crippen molar-refractivity contribution < 1.29 is 32.1 Å². The van der Waals surface area contributed by atoms with E-state index in [2.05, 4.69) is 15.2 Å². The summed E-state index contributed by atoms with van der Waals surface area (Å²) in [6.45, 7) is 1.31. The number of carbonyl (C=O) groups excluding carboxylic acids is 2. The molecule has 17 heteroatoms. The summed E-state index contributed by atoms with van der Waals surface area (Å²) < 4.78 is 38.7. The summed E-state index contributed by atoms with van der Waals surface area (Å²) in [7, 11) is -3.10. The Labute approximate surface area is 197 Å². The molecule has 0 aliphatic carbocycles. The number of nitrogens with zero attached hydrogens (tertiary/aromatic N) is 5. The highest BCUT2D eigenvalue weighted by Crippen LogP contribution is 2.32. The van der Waals surface area contributed by atoms with E-state index in [1.807, 2.05) is 0 Å². The summed E-state index contributed by atoms with van der Waals surface area (Å²) in [6.07, 6.45) is -0.371. The first-order valence-corrected chi connectivity index (χ1v) is 11.9. The lowest BCUT2D eigenvalue weighted by atomic mass is 9.86. The van der Waals surface area contributed by atoms with Crippen LogP contribution in [0.15, 0.2) is 16.6 Å². The maximum atomic E-state index is 12.8. The Kier molecular flexibility index (Phi) is 7.18. The molecule has 6 N–H and O–H groups in total. The number of carbonyl (C=O) groups is 2. The van der Waals surface area contributed by atoms with Crippen LogP contribution in [0.5, 0.6) is 5.88 Å². The fourth-order valence-electron chi connectivity index (χ4n) is 3.22. The lowest BCUT2D eigenvalue weighted by Gasteiger charge is -2.41. The van der Waals surface area contributed by atoms with Gasteiger partial charge >= 0.3 is 10.3 Å². The smallest absolute Gasteiger partial charge is 0.362 e. The number of anilines is 1. The minimum atomic E-state index is -4.70. The summed E-state index contributed by atoms with van der Waals surface area (Å²) in [5.41, 5.74) is 11.4. The topological polar surface area (TPSA) is 229 Å². The van der Waals surface area contributed by atoms with Crippen molar-refractivity contribution in [1.29, 1.82) is 5.41 Å². The van der Waals surface area contributed by atoms with Gasteiger partial charge in [-0.25, -0.2) is 9.29 Å². The van der Waals surface area contributed by atoms with Crippen molar-refractivity contribution in [2.45, 2.75) is 19.4 Å². The van der Waals surface area contributed by atoms with Gasteiger partial charge in [-0.2, -0.15) is 8.42 Å². The predicted molar refractivity (Wildman–Crippen MR) is 120 cm³/mol. The third-order valence-electron chi connectivity index (χ3n) is 4.88. The van der Waals surface area contributed by atoms with Crippen LogP contribution in [-0.4, -0.2) is 74.5 Å². The van der Waals surface area contributed by atoms with Gasteiger partial charge in [-0.3, -0.25) is 24.2 Å². The number of amidine groups is 1. The Morgan fingerprint density at radius 3 is 2.65 bits per heavy atom. The number of oxime groups is 1. The first kappa shape index (κ1) is 25.1. The predicted octanol–water partition coefficient (Wildman–Crippen LogP) is -0.849. The number of nitrogens with two attached hydrogens (primary N) is 2. The van der Waals surface area contributed by atoms with Crippen LogP contribution in [0.3, 0.4) is 0 Å². The van der Waals surface area contributed by atoms with Crippen LogP contribution < -0.4 is 16.2 Å². The molecule has 2 atom stereocenters. The largest absolute Gasteiger partial charge is 0.473 e. The fourth-order valence-corrected chi connectivity index (χ4v) is 4.70. The van der Waals surface area contributed by atoms with Gasteiger partial charge < -0.3 is 21.0 Å². The van der Waals surface area contributed by atoms with Gasteiger partial charge in [0.15, 0.2) is 23.2 Å². The molecule has 0 saturated carbocycles. The van der Waals surface area contributed by atoms with Gasteiger partial charge in [-0.05, 0) is 6.92 Å². The zero-order chi connectivity index (χ0) is 25.2. The average molecular weight is 515 g/mol. The lowest BCUT2D eigenvalue weighted by molar-refractivity contribution is -0.147. The number of hydrogen-bond acceptors (Lipinski definition) is 12. The van der Waals surface area contributed by atoms with Gasteiger partial charge in [0, 0.05) is 24.9 Å². The molecule has 3 rings (SSSR count). The number of rotatable bonds is 11. The van der Waals surface area contributed by atoms with E-state index in [-0.39, 0.29) is 47.9 Å². The number of aromatic nitrogens is 3. The first-order chi connectivity index (χ1) is 15.9. The van der Waals surface area contributed by atoms with E-state index < -0.39 is 34.0 Å². The quantitative estimate of drug-likeness (QED) is 0.0720. The number of aryl methyl sites for hydroxylation is 1. The number of thiazole rings is 1. The molecular formula is C17H22N8O7S2. The molecule has 3 heterocycles. The number of nitrogen functional groups attached to an aromatic ring is 2. The van der Waals surface area contributed by atoms with Crippen molar-refractivity contribution >= 4 is 50.0 Å². The first-order valence-electron chi connectivity index (χ1n) is 9.66. The molecule has 0 spiro atoms. The third kappa shape index (κ3) is 5.32. The second-order valence-corrected chi connectivity index (χ2v) is 9.36. The summed E-state index contributed by atoms with van der Waals surface area (Å²) >= 11 is 1.07. The van der Waals surface area contributed by atoms with Gasteiger partial charge in [0.2, 0.25) is 11.8 Å². The van der Waals surface area contributed by atoms with Gasteiger partial charge in [-0.15, -0.1) is 16.4 Å². The van der Waals surface area contributed by atoms with E-state index >= 15 is 0 Å². The summed E-state index contributed by atoms with van der Waals surface area (Å²) in [5, 5.41) is 17.0. The molecule has 2 aromatic heterocycles. The van der Waals surface area contributed by atoms with E-state index in [9.17, 15) is 18.0 Å². The van der Waals surface area contributed by atoms with Gasteiger partial charge in [-0.1, -0.05) is 5.16 Å². The maximum Gasteiger partial charge on any atom is 0.362 e. The minimum absolute atomic E-state index is 0.00000254. The zero-order valence-corrected chi connectivity index (χ0v) is 19.7. The Morgan fingerprint density at radius 1 is 1.41 bits per heavy atom. The molecule has 0 bridgehead atoms. The van der Waals surface area contributed by atoms with Crippen molar-refractivity contribution in [2.75, 3.05) is 18.9 Å². The van der Waals surface area contributed by atoms with Gasteiger partial charge in [0.25, 0.3) is 0 Å². The van der Waals surface area contributed by atoms with E-state index in [1.165, 1.54) is 23.1 Å². The van der Waals surface area contributed by atoms with Gasteiger partial charge in [0.05, 0.1) is 12.0 Å². The molecule has 1 aliphatic heterocycles. The van der Waals surface area contributed by atoms with E-state index in [0.717, 1.165) is 11.3 Å². The molecule has 0 unspecified atom stereocenters. The number of hydrogen-bond donors (Lipinski definition) is 4. The molecule has 15 nitrogen and oxygen atoms in total. The molecule has 0 radical (unpaired) electrons. The third-order valence-corrected chi connectivity index (χ3v) is 6.57. The van der Waals surface area contributed by atoms with Crippen LogP contribution in [0.1, 0.15) is 24.7 Å². The van der Waals surface area contributed by atoms with Crippen molar-refractivity contribution in [3.8, 4) is 5.88 Å². The number of amides is 1. The zero-order valence-electron chi connectivity index (χ0n) is 18.0. The summed E-state index contributed by atoms with van der Waals surface area (Å²) in [6, 6.07) is 0.575. The van der Waals surface area contributed by atoms with Crippen LogP contribution in [0.2, 0.25) is 0 Å². The summed E-state index contributed by atoms with van der Waals surface area (Å²) in [5.74, 6) is -2.43. The van der Waals surface area contributed by atoms with E-state index in [4.69, 9.17) is 31.0 Å². The highest BCUT2D eigenvalue weighted by molar-refractivity contribution is 7.84. The Bertz CT molecular complexity index is 1250. The molecular weight excluding hydrogens is 492 g/mol. The van der Waals surface area contributed by atoms with Crippen molar-refractivity contribution in [3.63, 3.8) is 0 Å². The molecule has 0 aromatic carbocycles. The van der Waals surface area contributed by atoms with Crippen molar-refractivity contribution in [3.05, 3.63) is 22.8 Å². The number of Topliss-reactive ketones (excluding diaryl/α,β-unsaturated/α-hetero) is 1. The molecule has 2 aromatic rings. The minimum Gasteiger partial charge on any atom is -0.473 e. The highest BCUT2D eigenvalue weighted by Gasteiger charge is 2.51. The van der Waals surface area contributed by atoms with Crippen LogP contribution in [0.25, 0.3) is 0 Å². The molecule has 1 amide bonds. The number of ether oxygens (including phenoxy) is 1. The lowest BCUT2D eigenvalue weighted by Crippen LogP contribution is -2.62. The summed E-state index contributed by atoms with van der Waals surface area (Å²) in [4.78, 5) is 34.1. The standard InChI is InChI=1S/C17H22N8O7S2/c1-8-9(16(27)25(8)34(28,29)30)5-12(26)14(10-7-33-17(20)21-10)23-32-4-3-31-13-6-11(15(18)19)24(2)22-13/h6-9H,3-5H2,1-2H3,(H3,18,19)(H2,20,21)(H,28,29,30)/b23-14-/t8-,9-/m0/s1. The van der Waals surface area contributed by atoms with Crippen LogP contribution in [0, 0.1) is 11.3 Å². The Hall–Kier alpha value is -3.57. The number of ketones is 1. The molecule has 34 heavy (non-hydrogen) atoms. The Balaban J connectivity index is 1.63. The Morgan fingerprint density at radius 2 is 2.12 bits per heavy atom. The second-order valence-electron chi connectivity index (χ2n) is 7.18. The fraction of sp³-hybridized carbons (Fsp3) is 0.412. The van der Waals surface area contributed by atoms with Crippen LogP contribution in [0.4, 0.5) is 5.13 Å². The average Bonchev–Trinajstić information content (AvgIpc) is 3.33. The SMILES string of the molecule is C[C@H]1[C@H](CC(=O)/C(=N\OCCOc2cc(C(=N)N)n(C)n2)c2csc(N)n2)C(=O)N1S(=O)(=O)O. The normalized spacial score (nSPS) is 18.5. The van der Waals surface area contributed by atoms with Gasteiger partial charge in [0.1, 0.15) is 23.8 Å². The number of β-lactam (4-membered cyclic amide) rings is 1.